The molecule has 0 aromatic carbocycles. The molecule has 6 heteroatoms. The van der Waals surface area contributed by atoms with Crippen LogP contribution in [-0.2, 0) is 14.3 Å². The van der Waals surface area contributed by atoms with Crippen molar-refractivity contribution >= 4 is 40.4 Å². The van der Waals surface area contributed by atoms with Gasteiger partial charge >= 0.3 is 5.97 Å². The maximum Gasteiger partial charge on any atom is 0.329 e. The number of nitrogens with one attached hydrogen (secondary N) is 1. The molecule has 0 saturated heterocycles. The number of carbonyl (C=O) groups excluding carboxylic acids is 2. The van der Waals surface area contributed by atoms with Crippen molar-refractivity contribution in [3.05, 3.63) is 0 Å². The minimum Gasteiger partial charge on any atom is -0.464 e. The summed E-state index contributed by atoms with van der Waals surface area (Å²) in [7, 11) is 0. The molecule has 15 heavy (non-hydrogen) atoms. The van der Waals surface area contributed by atoms with Gasteiger partial charge in [-0.25, -0.2) is 4.79 Å². The number of thiol groups is 1. The molecule has 0 aliphatic rings. The van der Waals surface area contributed by atoms with Gasteiger partial charge in [-0.3, -0.25) is 4.79 Å². The quantitative estimate of drug-likeness (QED) is 0.321. The van der Waals surface area contributed by atoms with E-state index in [4.69, 9.17) is 4.74 Å². The van der Waals surface area contributed by atoms with E-state index in [0.717, 1.165) is 18.2 Å². The van der Waals surface area contributed by atoms with Crippen molar-refractivity contribution in [3.63, 3.8) is 0 Å². The second kappa shape index (κ2) is 9.03. The maximum absolute atomic E-state index is 11.4. The molecule has 0 aromatic rings. The minimum atomic E-state index is -0.644. The zero-order chi connectivity index (χ0) is 11.7. The predicted molar refractivity (Wildman–Crippen MR) is 65.4 cm³/mol. The lowest BCUT2D eigenvalue weighted by molar-refractivity contribution is -0.147. The first kappa shape index (κ1) is 14.8. The molecular weight excluding hydrogens is 282 g/mol. The molecule has 0 heterocycles. The zero-order valence-electron chi connectivity index (χ0n) is 8.66. The van der Waals surface area contributed by atoms with Gasteiger partial charge in [0.15, 0.2) is 0 Å². The van der Waals surface area contributed by atoms with E-state index < -0.39 is 12.0 Å². The van der Waals surface area contributed by atoms with Gasteiger partial charge in [-0.2, -0.15) is 12.6 Å². The summed E-state index contributed by atoms with van der Waals surface area (Å²) in [4.78, 5) is 22.1. The highest BCUT2D eigenvalue weighted by Gasteiger charge is 2.18. The van der Waals surface area contributed by atoms with Crippen LogP contribution in [0.2, 0.25) is 0 Å². The van der Waals surface area contributed by atoms with E-state index in [1.807, 2.05) is 0 Å². The van der Waals surface area contributed by atoms with Gasteiger partial charge in [0.1, 0.15) is 6.04 Å². The molecule has 0 spiro atoms. The summed E-state index contributed by atoms with van der Waals surface area (Å²) in [5.74, 6) is -0.433. The molecule has 88 valence electrons. The number of unbranched alkanes of at least 4 members (excludes halogenated alkanes) is 1. The highest BCUT2D eigenvalue weighted by atomic mass is 79.9. The van der Waals surface area contributed by atoms with E-state index >= 15 is 0 Å². The van der Waals surface area contributed by atoms with Gasteiger partial charge in [-0.15, -0.1) is 0 Å². The van der Waals surface area contributed by atoms with Crippen molar-refractivity contribution in [2.45, 2.75) is 25.8 Å². The van der Waals surface area contributed by atoms with Crippen molar-refractivity contribution in [2.24, 2.45) is 0 Å². The highest BCUT2D eigenvalue weighted by Crippen LogP contribution is 1.97. The molecule has 0 aliphatic carbocycles. The molecule has 0 aliphatic heterocycles. The first-order valence-electron chi connectivity index (χ1n) is 4.72. The van der Waals surface area contributed by atoms with E-state index in [1.54, 1.807) is 0 Å². The van der Waals surface area contributed by atoms with Crippen LogP contribution in [0.25, 0.3) is 0 Å². The molecule has 1 N–H and O–H groups in total. The molecule has 0 radical (unpaired) electrons. The van der Waals surface area contributed by atoms with Crippen LogP contribution in [0.15, 0.2) is 0 Å². The summed E-state index contributed by atoms with van der Waals surface area (Å²) in [5, 5.41) is 3.37. The topological polar surface area (TPSA) is 55.4 Å². The average Bonchev–Trinajstić information content (AvgIpc) is 2.20. The second-order valence-electron chi connectivity index (χ2n) is 3.00. The van der Waals surface area contributed by atoms with Crippen molar-refractivity contribution in [1.29, 1.82) is 0 Å². The fourth-order valence-electron chi connectivity index (χ4n) is 0.894. The number of esters is 1. The second-order valence-corrected chi connectivity index (χ2v) is 4.16. The zero-order valence-corrected chi connectivity index (χ0v) is 11.1. The number of halogens is 1. The predicted octanol–water partition coefficient (Wildman–Crippen LogP) is 1.14. The summed E-state index contributed by atoms with van der Waals surface area (Å²) in [5.41, 5.74) is 0. The molecule has 0 saturated carbocycles. The third-order valence-corrected chi connectivity index (χ3v) is 2.54. The Morgan fingerprint density at radius 1 is 1.47 bits per heavy atom. The first-order valence-corrected chi connectivity index (χ1v) is 6.47. The number of rotatable bonds is 7. The Morgan fingerprint density at radius 2 is 2.13 bits per heavy atom. The average molecular weight is 298 g/mol. The van der Waals surface area contributed by atoms with E-state index in [9.17, 15) is 9.59 Å². The van der Waals surface area contributed by atoms with Gasteiger partial charge in [0.2, 0.25) is 5.91 Å². The van der Waals surface area contributed by atoms with Crippen molar-refractivity contribution in [2.75, 3.05) is 17.7 Å². The van der Waals surface area contributed by atoms with Crippen molar-refractivity contribution in [1.82, 2.24) is 5.32 Å². The smallest absolute Gasteiger partial charge is 0.329 e. The van der Waals surface area contributed by atoms with E-state index in [2.05, 4.69) is 33.9 Å². The molecule has 4 nitrogen and oxygen atoms in total. The molecule has 1 atom stereocenters. The van der Waals surface area contributed by atoms with Crippen LogP contribution in [0.1, 0.15) is 19.8 Å². The van der Waals surface area contributed by atoms with Crippen molar-refractivity contribution < 1.29 is 14.3 Å². The van der Waals surface area contributed by atoms with E-state index in [0.29, 0.717) is 6.61 Å². The summed E-state index contributed by atoms with van der Waals surface area (Å²) in [6, 6.07) is -0.644. The Kier molecular flexibility index (Phi) is 8.89. The van der Waals surface area contributed by atoms with Crippen LogP contribution in [0.3, 0.4) is 0 Å². The SMILES string of the molecule is CC(=O)N[C@@H](CS)C(=O)OCCCCBr. The minimum absolute atomic E-state index is 0.247. The van der Waals surface area contributed by atoms with Gasteiger partial charge < -0.3 is 10.1 Å². The summed E-state index contributed by atoms with van der Waals surface area (Å²) >= 11 is 7.25. The van der Waals surface area contributed by atoms with Crippen molar-refractivity contribution in [3.8, 4) is 0 Å². The number of amides is 1. The maximum atomic E-state index is 11.4. The van der Waals surface area contributed by atoms with Gasteiger partial charge in [0.25, 0.3) is 0 Å². The lowest BCUT2D eigenvalue weighted by Crippen LogP contribution is -2.42. The normalized spacial score (nSPS) is 11.9. The standard InChI is InChI=1S/C9H16BrNO3S/c1-7(12)11-8(6-15)9(13)14-5-3-2-4-10/h8,15H,2-6H2,1H3,(H,11,12)/t8-/m0/s1. The number of hydrogen-bond donors (Lipinski definition) is 2. The largest absolute Gasteiger partial charge is 0.464 e. The van der Waals surface area contributed by atoms with Gasteiger partial charge in [0.05, 0.1) is 6.61 Å². The molecule has 0 rings (SSSR count). The van der Waals surface area contributed by atoms with Gasteiger partial charge in [-0.05, 0) is 12.8 Å². The summed E-state index contributed by atoms with van der Waals surface area (Å²) in [6.45, 7) is 1.74. The Hall–Kier alpha value is -0.230. The number of ether oxygens (including phenoxy) is 1. The number of carbonyl (C=O) groups is 2. The Morgan fingerprint density at radius 3 is 2.60 bits per heavy atom. The Labute approximate surface area is 104 Å². The van der Waals surface area contributed by atoms with Crippen LogP contribution in [0, 0.1) is 0 Å². The fourth-order valence-corrected chi connectivity index (χ4v) is 1.53. The Bertz CT molecular complexity index is 214. The van der Waals surface area contributed by atoms with Crippen LogP contribution >= 0.6 is 28.6 Å². The van der Waals surface area contributed by atoms with Gasteiger partial charge in [0, 0.05) is 18.0 Å². The molecule has 0 fully saturated rings. The van der Waals surface area contributed by atoms with Gasteiger partial charge in [-0.1, -0.05) is 15.9 Å². The molecule has 0 unspecified atom stereocenters. The summed E-state index contributed by atoms with van der Waals surface area (Å²) in [6.07, 6.45) is 1.77. The Balaban J connectivity index is 3.78. The van der Waals surface area contributed by atoms with Crippen LogP contribution in [-0.4, -0.2) is 35.6 Å². The molecular formula is C9H16BrNO3S. The molecule has 1 amide bonds. The fraction of sp³-hybridized carbons (Fsp3) is 0.778. The molecule has 0 aromatic heterocycles. The van der Waals surface area contributed by atoms with E-state index in [1.165, 1.54) is 6.92 Å². The first-order chi connectivity index (χ1) is 7.11. The van der Waals surface area contributed by atoms with Crippen LogP contribution < -0.4 is 5.32 Å². The highest BCUT2D eigenvalue weighted by molar-refractivity contribution is 9.09. The lowest BCUT2D eigenvalue weighted by Gasteiger charge is -2.14. The third-order valence-electron chi connectivity index (χ3n) is 1.62. The van der Waals surface area contributed by atoms with Crippen LogP contribution in [0.4, 0.5) is 0 Å². The van der Waals surface area contributed by atoms with Crippen LogP contribution in [0.5, 0.6) is 0 Å². The molecule has 0 bridgehead atoms. The number of hydrogen-bond acceptors (Lipinski definition) is 4. The monoisotopic (exact) mass is 297 g/mol. The summed E-state index contributed by atoms with van der Waals surface area (Å²) < 4.78 is 4.97. The van der Waals surface area contributed by atoms with E-state index in [-0.39, 0.29) is 11.7 Å². The number of alkyl halides is 1. The third kappa shape index (κ3) is 7.67. The lowest BCUT2D eigenvalue weighted by atomic mass is 10.3.